The molecule has 138 valence electrons. The van der Waals surface area contributed by atoms with Gasteiger partial charge in [0.05, 0.1) is 5.69 Å². The molecule has 4 nitrogen and oxygen atoms in total. The quantitative estimate of drug-likeness (QED) is 0.492. The van der Waals surface area contributed by atoms with Crippen molar-refractivity contribution in [3.8, 4) is 11.8 Å². The molecule has 0 saturated heterocycles. The Morgan fingerprint density at radius 2 is 1.79 bits per heavy atom. The second kappa shape index (κ2) is 9.15. The average Bonchev–Trinajstić information content (AvgIpc) is 2.73. The minimum Gasteiger partial charge on any atom is -0.489 e. The van der Waals surface area contributed by atoms with Crippen molar-refractivity contribution in [2.45, 2.75) is 6.61 Å². The van der Waals surface area contributed by atoms with Crippen LogP contribution in [0.5, 0.6) is 5.75 Å². The molecule has 0 unspecified atom stereocenters. The minimum atomic E-state index is -0.678. The molecule has 3 aromatic rings. The summed E-state index contributed by atoms with van der Waals surface area (Å²) in [7, 11) is 0. The number of nitrogens with zero attached hydrogens (tertiary/aromatic N) is 1. The van der Waals surface area contributed by atoms with E-state index in [4.69, 9.17) is 4.74 Å². The van der Waals surface area contributed by atoms with Crippen LogP contribution in [0.25, 0.3) is 6.08 Å². The highest BCUT2D eigenvalue weighted by molar-refractivity contribution is 6.09. The Morgan fingerprint density at radius 3 is 2.54 bits per heavy atom. The van der Waals surface area contributed by atoms with Crippen LogP contribution in [0.2, 0.25) is 0 Å². The fourth-order valence-corrected chi connectivity index (χ4v) is 2.50. The lowest BCUT2D eigenvalue weighted by Crippen LogP contribution is -2.14. The van der Waals surface area contributed by atoms with Crippen molar-refractivity contribution >= 4 is 17.7 Å². The van der Waals surface area contributed by atoms with Crippen molar-refractivity contribution in [1.29, 1.82) is 5.26 Å². The van der Waals surface area contributed by atoms with Crippen molar-refractivity contribution in [2.24, 2.45) is 0 Å². The minimum absolute atomic E-state index is 0.0218. The zero-order valence-electron chi connectivity index (χ0n) is 14.9. The van der Waals surface area contributed by atoms with E-state index in [9.17, 15) is 14.4 Å². The normalized spacial score (nSPS) is 10.8. The standard InChI is InChI=1S/C23H17FN2O2/c24-21-11-4-5-12-22(21)26-23(27)19(15-25)13-18-9-6-10-20(14-18)28-16-17-7-2-1-3-8-17/h1-14H,16H2,(H,26,27)/b19-13-. The number of nitrogens with one attached hydrogen (secondary N) is 1. The van der Waals surface area contributed by atoms with Gasteiger partial charge in [0.25, 0.3) is 5.91 Å². The Labute approximate surface area is 162 Å². The molecule has 3 rings (SSSR count). The molecule has 0 aromatic heterocycles. The first-order valence-electron chi connectivity index (χ1n) is 8.60. The number of para-hydroxylation sites is 1. The van der Waals surface area contributed by atoms with Crippen molar-refractivity contribution in [2.75, 3.05) is 5.32 Å². The van der Waals surface area contributed by atoms with Gasteiger partial charge in [0.15, 0.2) is 0 Å². The van der Waals surface area contributed by atoms with Crippen LogP contribution in [-0.4, -0.2) is 5.91 Å². The fourth-order valence-electron chi connectivity index (χ4n) is 2.50. The van der Waals surface area contributed by atoms with Gasteiger partial charge < -0.3 is 10.1 Å². The van der Waals surface area contributed by atoms with Crippen molar-refractivity contribution < 1.29 is 13.9 Å². The smallest absolute Gasteiger partial charge is 0.266 e. The third-order valence-electron chi connectivity index (χ3n) is 3.90. The number of hydrogen-bond acceptors (Lipinski definition) is 3. The maximum atomic E-state index is 13.7. The summed E-state index contributed by atoms with van der Waals surface area (Å²) >= 11 is 0. The summed E-state index contributed by atoms with van der Waals surface area (Å²) in [6.07, 6.45) is 1.44. The summed E-state index contributed by atoms with van der Waals surface area (Å²) in [5, 5.41) is 11.7. The van der Waals surface area contributed by atoms with E-state index >= 15 is 0 Å². The highest BCUT2D eigenvalue weighted by Gasteiger charge is 2.12. The van der Waals surface area contributed by atoms with Gasteiger partial charge in [-0.3, -0.25) is 4.79 Å². The van der Waals surface area contributed by atoms with E-state index in [1.165, 1.54) is 24.3 Å². The van der Waals surface area contributed by atoms with Crippen LogP contribution in [0, 0.1) is 17.1 Å². The number of ether oxygens (including phenoxy) is 1. The summed E-state index contributed by atoms with van der Waals surface area (Å²) in [5.74, 6) is -0.628. The largest absolute Gasteiger partial charge is 0.489 e. The summed E-state index contributed by atoms with van der Waals surface area (Å²) in [5.41, 5.74) is 1.55. The van der Waals surface area contributed by atoms with E-state index in [0.29, 0.717) is 17.9 Å². The third-order valence-corrected chi connectivity index (χ3v) is 3.90. The predicted molar refractivity (Wildman–Crippen MR) is 106 cm³/mol. The molecule has 1 N–H and O–H groups in total. The summed E-state index contributed by atoms with van der Waals surface area (Å²) in [6, 6.07) is 24.4. The Morgan fingerprint density at radius 1 is 1.04 bits per heavy atom. The summed E-state index contributed by atoms with van der Waals surface area (Å²) in [4.78, 5) is 12.3. The number of halogens is 1. The molecule has 0 bridgehead atoms. The zero-order valence-corrected chi connectivity index (χ0v) is 14.9. The number of benzene rings is 3. The predicted octanol–water partition coefficient (Wildman–Crippen LogP) is 4.95. The second-order valence-corrected chi connectivity index (χ2v) is 5.95. The molecular weight excluding hydrogens is 355 g/mol. The van der Waals surface area contributed by atoms with Crippen LogP contribution < -0.4 is 10.1 Å². The molecular formula is C23H17FN2O2. The van der Waals surface area contributed by atoms with Crippen molar-refractivity contribution in [3.05, 3.63) is 101 Å². The van der Waals surface area contributed by atoms with E-state index in [-0.39, 0.29) is 11.3 Å². The maximum absolute atomic E-state index is 13.7. The molecule has 3 aromatic carbocycles. The first-order valence-corrected chi connectivity index (χ1v) is 8.60. The zero-order chi connectivity index (χ0) is 19.8. The molecule has 0 fully saturated rings. The lowest BCUT2D eigenvalue weighted by molar-refractivity contribution is -0.112. The monoisotopic (exact) mass is 372 g/mol. The molecule has 0 radical (unpaired) electrons. The summed E-state index contributed by atoms with van der Waals surface area (Å²) in [6.45, 7) is 0.410. The Hall–Kier alpha value is -3.91. The van der Waals surface area contributed by atoms with Crippen LogP contribution in [0.4, 0.5) is 10.1 Å². The lowest BCUT2D eigenvalue weighted by Gasteiger charge is -2.08. The van der Waals surface area contributed by atoms with Gasteiger partial charge >= 0.3 is 0 Å². The van der Waals surface area contributed by atoms with Gasteiger partial charge in [0.1, 0.15) is 29.8 Å². The van der Waals surface area contributed by atoms with Crippen molar-refractivity contribution in [1.82, 2.24) is 0 Å². The molecule has 0 atom stereocenters. The maximum Gasteiger partial charge on any atom is 0.266 e. The molecule has 0 heterocycles. The molecule has 0 spiro atoms. The van der Waals surface area contributed by atoms with E-state index < -0.39 is 11.7 Å². The van der Waals surface area contributed by atoms with E-state index in [2.05, 4.69) is 5.32 Å². The van der Waals surface area contributed by atoms with Gasteiger partial charge in [-0.25, -0.2) is 4.39 Å². The highest BCUT2D eigenvalue weighted by Crippen LogP contribution is 2.19. The van der Waals surface area contributed by atoms with E-state index in [1.54, 1.807) is 30.3 Å². The number of carbonyl (C=O) groups excluding carboxylic acids is 1. The molecule has 1 amide bonds. The van der Waals surface area contributed by atoms with Crippen LogP contribution in [0.3, 0.4) is 0 Å². The van der Waals surface area contributed by atoms with Crippen LogP contribution in [0.15, 0.2) is 84.4 Å². The van der Waals surface area contributed by atoms with Gasteiger partial charge in [-0.1, -0.05) is 54.6 Å². The lowest BCUT2D eigenvalue weighted by atomic mass is 10.1. The van der Waals surface area contributed by atoms with Gasteiger partial charge in [-0.15, -0.1) is 0 Å². The number of amides is 1. The third kappa shape index (κ3) is 5.05. The second-order valence-electron chi connectivity index (χ2n) is 5.95. The topological polar surface area (TPSA) is 62.1 Å². The Bertz CT molecular complexity index is 1040. The van der Waals surface area contributed by atoms with Crippen LogP contribution in [-0.2, 0) is 11.4 Å². The molecule has 0 aliphatic carbocycles. The van der Waals surface area contributed by atoms with Gasteiger partial charge in [-0.05, 0) is 41.5 Å². The molecule has 0 aliphatic rings. The Kier molecular flexibility index (Phi) is 6.17. The molecule has 5 heteroatoms. The number of hydrogen-bond donors (Lipinski definition) is 1. The van der Waals surface area contributed by atoms with Gasteiger partial charge in [0, 0.05) is 0 Å². The number of carbonyl (C=O) groups is 1. The molecule has 28 heavy (non-hydrogen) atoms. The molecule has 0 saturated carbocycles. The van der Waals surface area contributed by atoms with E-state index in [0.717, 1.165) is 5.56 Å². The van der Waals surface area contributed by atoms with Crippen LogP contribution >= 0.6 is 0 Å². The van der Waals surface area contributed by atoms with Crippen LogP contribution in [0.1, 0.15) is 11.1 Å². The molecule has 0 aliphatic heterocycles. The average molecular weight is 372 g/mol. The number of rotatable bonds is 6. The number of nitriles is 1. The highest BCUT2D eigenvalue weighted by atomic mass is 19.1. The Balaban J connectivity index is 1.72. The first-order chi connectivity index (χ1) is 13.7. The fraction of sp³-hybridized carbons (Fsp3) is 0.0435. The van der Waals surface area contributed by atoms with E-state index in [1.807, 2.05) is 36.4 Å². The van der Waals surface area contributed by atoms with Gasteiger partial charge in [0.2, 0.25) is 0 Å². The summed E-state index contributed by atoms with van der Waals surface area (Å²) < 4.78 is 19.4. The first kappa shape index (κ1) is 18.9. The SMILES string of the molecule is N#C/C(=C/c1cccc(OCc2ccccc2)c1)C(=O)Nc1ccccc1F. The number of anilines is 1. The van der Waals surface area contributed by atoms with Gasteiger partial charge in [-0.2, -0.15) is 5.26 Å². The van der Waals surface area contributed by atoms with Crippen molar-refractivity contribution in [3.63, 3.8) is 0 Å².